The van der Waals surface area contributed by atoms with Crippen LogP contribution < -0.4 is 0 Å². The number of aromatic nitrogens is 1. The highest BCUT2D eigenvalue weighted by Crippen LogP contribution is 2.49. The van der Waals surface area contributed by atoms with Gasteiger partial charge in [0.1, 0.15) is 0 Å². The molecule has 2 heteroatoms. The summed E-state index contributed by atoms with van der Waals surface area (Å²) in [5.74, 6) is 0. The molecule has 0 radical (unpaired) electrons. The Bertz CT molecular complexity index is 3110. The van der Waals surface area contributed by atoms with Gasteiger partial charge in [-0.05, 0) is 90.3 Å². The van der Waals surface area contributed by atoms with Crippen LogP contribution in [0.3, 0.4) is 0 Å². The lowest BCUT2D eigenvalue weighted by Gasteiger charge is -2.24. The van der Waals surface area contributed by atoms with Gasteiger partial charge in [-0.15, -0.1) is 0 Å². The summed E-state index contributed by atoms with van der Waals surface area (Å²) >= 11 is 0. The maximum absolute atomic E-state index is 6.93. The summed E-state index contributed by atoms with van der Waals surface area (Å²) in [6, 6.07) is 64.0. The number of nitrogens with zero attached hydrogens (tertiary/aromatic N) is 1. The van der Waals surface area contributed by atoms with Crippen LogP contribution in [0.2, 0.25) is 0 Å². The van der Waals surface area contributed by atoms with Crippen LogP contribution in [0.25, 0.3) is 115 Å². The van der Waals surface area contributed by atoms with Crippen LogP contribution >= 0.6 is 0 Å². The van der Waals surface area contributed by atoms with E-state index in [1.54, 1.807) is 0 Å². The quantitative estimate of drug-likeness (QED) is 0.136. The van der Waals surface area contributed by atoms with E-state index in [4.69, 9.17) is 4.42 Å². The van der Waals surface area contributed by atoms with Gasteiger partial charge in [-0.25, -0.2) is 0 Å². The molecule has 0 N–H and O–H groups in total. The predicted molar refractivity (Wildman–Crippen MR) is 219 cm³/mol. The number of pyridine rings is 2. The van der Waals surface area contributed by atoms with Crippen molar-refractivity contribution in [3.63, 3.8) is 0 Å². The van der Waals surface area contributed by atoms with Crippen LogP contribution in [0.15, 0.2) is 180 Å². The summed E-state index contributed by atoms with van der Waals surface area (Å²) in [5.41, 5.74) is 15.1. The van der Waals surface area contributed by atoms with E-state index in [-0.39, 0.29) is 0 Å². The number of hydrogen-bond donors (Lipinski definition) is 0. The van der Waals surface area contributed by atoms with E-state index in [1.807, 2.05) is 0 Å². The van der Waals surface area contributed by atoms with Gasteiger partial charge in [0.15, 0.2) is 11.2 Å². The Hall–Kier alpha value is -6.90. The van der Waals surface area contributed by atoms with Gasteiger partial charge in [0.2, 0.25) is 0 Å². The second-order valence-corrected chi connectivity index (χ2v) is 14.0. The highest BCUT2D eigenvalue weighted by atomic mass is 16.3. The van der Waals surface area contributed by atoms with Crippen molar-refractivity contribution < 1.29 is 4.42 Å². The van der Waals surface area contributed by atoms with Crippen molar-refractivity contribution in [1.82, 2.24) is 4.40 Å². The first-order chi connectivity index (χ1) is 25.8. The van der Waals surface area contributed by atoms with Gasteiger partial charge in [0.05, 0.1) is 16.6 Å². The molecular weight excluding hydrogens is 631 g/mol. The average molecular weight is 660 g/mol. The van der Waals surface area contributed by atoms with E-state index in [2.05, 4.69) is 180 Å². The third-order valence-corrected chi connectivity index (χ3v) is 11.3. The van der Waals surface area contributed by atoms with E-state index in [9.17, 15) is 0 Å². The molecular formula is C50H29NO. The summed E-state index contributed by atoms with van der Waals surface area (Å²) in [7, 11) is 0. The summed E-state index contributed by atoms with van der Waals surface area (Å²) in [6.45, 7) is 0. The fourth-order valence-electron chi connectivity index (χ4n) is 9.19. The molecule has 0 fully saturated rings. The van der Waals surface area contributed by atoms with Crippen molar-refractivity contribution in [2.75, 3.05) is 0 Å². The lowest BCUT2D eigenvalue weighted by atomic mass is 9.87. The molecule has 0 saturated carbocycles. The molecule has 12 aromatic rings. The summed E-state index contributed by atoms with van der Waals surface area (Å²) in [6.07, 6.45) is 0. The first kappa shape index (κ1) is 27.9. The molecule has 0 unspecified atom stereocenters. The van der Waals surface area contributed by atoms with Gasteiger partial charge in [-0.2, -0.15) is 0 Å². The van der Waals surface area contributed by atoms with Crippen molar-refractivity contribution >= 4 is 70.8 Å². The van der Waals surface area contributed by atoms with Gasteiger partial charge < -0.3 is 8.82 Å². The SMILES string of the molecule is c1ccc(-c2ccccc2-c2ccc3c4cccc5c6ccc(-c7ccccc7-c7ccccc7)c7ccc8oc9ccc2c3c9n(c45)c8c76)cc1. The Morgan fingerprint density at radius 1 is 0.269 bits per heavy atom. The number of benzene rings is 9. The topological polar surface area (TPSA) is 17.6 Å². The van der Waals surface area contributed by atoms with Crippen LogP contribution in [0.5, 0.6) is 0 Å². The molecule has 9 aromatic carbocycles. The average Bonchev–Trinajstić information content (AvgIpc) is 3.22. The molecule has 0 aliphatic heterocycles. The number of rotatable bonds is 4. The lowest BCUT2D eigenvalue weighted by Crippen LogP contribution is -2.03. The van der Waals surface area contributed by atoms with Crippen LogP contribution in [0, 0.1) is 0 Å². The number of hydrogen-bond acceptors (Lipinski definition) is 1. The van der Waals surface area contributed by atoms with Crippen LogP contribution in [-0.4, -0.2) is 4.40 Å². The van der Waals surface area contributed by atoms with Crippen molar-refractivity contribution in [3.8, 4) is 44.5 Å². The second kappa shape index (κ2) is 10.3. The summed E-state index contributed by atoms with van der Waals surface area (Å²) in [4.78, 5) is 0. The normalized spacial score (nSPS) is 12.2. The number of fused-ring (bicyclic) bond motifs is 2. The molecule has 2 nitrogen and oxygen atoms in total. The predicted octanol–water partition coefficient (Wildman–Crippen LogP) is 14.0. The Morgan fingerprint density at radius 2 is 0.692 bits per heavy atom. The van der Waals surface area contributed by atoms with E-state index in [0.717, 1.165) is 22.2 Å². The molecule has 0 saturated heterocycles. The second-order valence-electron chi connectivity index (χ2n) is 14.0. The standard InChI is InChI=1S/C50H29NO/c1-3-12-30(13-4-1)32-16-7-9-18-34(32)36-22-24-40-42-20-11-21-43-41-25-23-37(35-19-10-8-17-33(35)31-14-5-2-6-15-31)39-27-29-45-50(47(39)41)51(48(42)43)49-44(52-45)28-26-38(36)46(40)49/h1-29H. The zero-order chi connectivity index (χ0) is 33.9. The van der Waals surface area contributed by atoms with Crippen molar-refractivity contribution in [1.29, 1.82) is 0 Å². The molecule has 0 aliphatic carbocycles. The van der Waals surface area contributed by atoms with Gasteiger partial charge >= 0.3 is 0 Å². The molecule has 240 valence electrons. The molecule has 12 rings (SSSR count). The maximum Gasteiger partial charge on any atom is 0.152 e. The first-order valence-electron chi connectivity index (χ1n) is 17.9. The summed E-state index contributed by atoms with van der Waals surface area (Å²) < 4.78 is 9.46. The largest absolute Gasteiger partial charge is 0.453 e. The molecule has 3 aromatic heterocycles. The van der Waals surface area contributed by atoms with Gasteiger partial charge in [-0.3, -0.25) is 0 Å². The fraction of sp³-hybridized carbons (Fsp3) is 0. The Labute approximate surface area is 299 Å². The monoisotopic (exact) mass is 659 g/mol. The van der Waals surface area contributed by atoms with Crippen LogP contribution in [0.1, 0.15) is 0 Å². The molecule has 0 spiro atoms. The Balaban J connectivity index is 1.23. The smallest absolute Gasteiger partial charge is 0.152 e. The molecule has 0 atom stereocenters. The third-order valence-electron chi connectivity index (χ3n) is 11.3. The molecule has 0 aliphatic rings. The van der Waals surface area contributed by atoms with Crippen molar-refractivity contribution in [2.45, 2.75) is 0 Å². The molecule has 52 heavy (non-hydrogen) atoms. The van der Waals surface area contributed by atoms with Crippen LogP contribution in [-0.2, 0) is 0 Å². The first-order valence-corrected chi connectivity index (χ1v) is 17.9. The minimum absolute atomic E-state index is 0.892. The minimum Gasteiger partial charge on any atom is -0.453 e. The molecule has 3 heterocycles. The third kappa shape index (κ3) is 3.63. The lowest BCUT2D eigenvalue weighted by molar-refractivity contribution is 0.656. The van der Waals surface area contributed by atoms with E-state index < -0.39 is 0 Å². The van der Waals surface area contributed by atoms with Gasteiger partial charge in [-0.1, -0.05) is 152 Å². The van der Waals surface area contributed by atoms with E-state index >= 15 is 0 Å². The van der Waals surface area contributed by atoms with E-state index in [0.29, 0.717) is 0 Å². The zero-order valence-corrected chi connectivity index (χ0v) is 28.1. The van der Waals surface area contributed by atoms with Crippen molar-refractivity contribution in [3.05, 3.63) is 176 Å². The van der Waals surface area contributed by atoms with Gasteiger partial charge in [0, 0.05) is 21.5 Å². The van der Waals surface area contributed by atoms with Gasteiger partial charge in [0.25, 0.3) is 0 Å². The minimum atomic E-state index is 0.892. The van der Waals surface area contributed by atoms with Crippen LogP contribution in [0.4, 0.5) is 0 Å². The Kier molecular flexibility index (Phi) is 5.53. The molecule has 0 bridgehead atoms. The highest BCUT2D eigenvalue weighted by molar-refractivity contribution is 6.34. The zero-order valence-electron chi connectivity index (χ0n) is 28.1. The number of para-hydroxylation sites is 1. The van der Waals surface area contributed by atoms with Crippen molar-refractivity contribution in [2.24, 2.45) is 0 Å². The Morgan fingerprint density at radius 3 is 1.17 bits per heavy atom. The highest BCUT2D eigenvalue weighted by Gasteiger charge is 2.25. The summed E-state index contributed by atoms with van der Waals surface area (Å²) in [5, 5.41) is 9.93. The van der Waals surface area contributed by atoms with E-state index in [1.165, 1.54) is 93.1 Å². The molecule has 0 amide bonds. The maximum atomic E-state index is 6.93. The fourth-order valence-corrected chi connectivity index (χ4v) is 9.19.